The number of hydrogen-bond acceptors (Lipinski definition) is 4. The molecule has 1 aromatic rings. The summed E-state index contributed by atoms with van der Waals surface area (Å²) in [5.74, 6) is -1.20. The molecule has 0 bridgehead atoms. The zero-order valence-corrected chi connectivity index (χ0v) is 12.8. The fraction of sp³-hybridized carbons (Fsp3) is 0.417. The van der Waals surface area contributed by atoms with E-state index in [9.17, 15) is 17.6 Å². The molecule has 1 fully saturated rings. The van der Waals surface area contributed by atoms with Gasteiger partial charge in [0.15, 0.2) is 0 Å². The lowest BCUT2D eigenvalue weighted by atomic mass is 10.3. The average molecular weight is 338 g/mol. The van der Waals surface area contributed by atoms with Gasteiger partial charge in [0.1, 0.15) is 10.7 Å². The van der Waals surface area contributed by atoms with E-state index in [-0.39, 0.29) is 43.0 Å². The third kappa shape index (κ3) is 4.92. The summed E-state index contributed by atoms with van der Waals surface area (Å²) < 4.78 is 40.0. The number of nitrogens with two attached hydrogens (primary N) is 1. The van der Waals surface area contributed by atoms with Crippen molar-refractivity contribution in [3.05, 3.63) is 24.0 Å². The lowest BCUT2D eigenvalue weighted by Crippen LogP contribution is -2.26. The zero-order valence-electron chi connectivity index (χ0n) is 11.1. The van der Waals surface area contributed by atoms with Crippen molar-refractivity contribution in [2.45, 2.75) is 30.2 Å². The summed E-state index contributed by atoms with van der Waals surface area (Å²) in [6.07, 6.45) is 1.63. The second kappa shape index (κ2) is 7.17. The monoisotopic (exact) mass is 337 g/mol. The van der Waals surface area contributed by atoms with Gasteiger partial charge in [0.25, 0.3) is 0 Å². The molecule has 1 amide bonds. The number of sulfonamides is 1. The summed E-state index contributed by atoms with van der Waals surface area (Å²) in [6.45, 7) is 0.182. The number of rotatable bonds is 6. The van der Waals surface area contributed by atoms with E-state index in [0.29, 0.717) is 0 Å². The summed E-state index contributed by atoms with van der Waals surface area (Å²) in [7, 11) is -3.90. The number of carbonyl (C=O) groups is 1. The highest BCUT2D eigenvalue weighted by atomic mass is 35.5. The van der Waals surface area contributed by atoms with E-state index in [1.54, 1.807) is 0 Å². The van der Waals surface area contributed by atoms with Gasteiger partial charge < -0.3 is 11.1 Å². The predicted octanol–water partition coefficient (Wildman–Crippen LogP) is 0.975. The molecular weight excluding hydrogens is 321 g/mol. The molecular formula is C12H17ClFN3O3S. The van der Waals surface area contributed by atoms with Crippen LogP contribution in [-0.4, -0.2) is 26.9 Å². The molecule has 0 heterocycles. The highest BCUT2D eigenvalue weighted by Gasteiger charge is 2.29. The molecule has 9 heteroatoms. The maximum Gasteiger partial charge on any atom is 0.243 e. The molecule has 0 aliphatic heterocycles. The Balaban J connectivity index is 0.00000220. The predicted molar refractivity (Wildman–Crippen MR) is 79.3 cm³/mol. The van der Waals surface area contributed by atoms with Gasteiger partial charge in [-0.3, -0.25) is 4.79 Å². The summed E-state index contributed by atoms with van der Waals surface area (Å²) in [5, 5.41) is 2.47. The molecule has 118 valence electrons. The van der Waals surface area contributed by atoms with Crippen LogP contribution in [0.25, 0.3) is 0 Å². The van der Waals surface area contributed by atoms with Crippen molar-refractivity contribution in [3.8, 4) is 0 Å². The number of hydrogen-bond donors (Lipinski definition) is 3. The van der Waals surface area contributed by atoms with Crippen molar-refractivity contribution in [2.24, 2.45) is 5.73 Å². The van der Waals surface area contributed by atoms with Crippen molar-refractivity contribution in [2.75, 3.05) is 11.9 Å². The summed E-state index contributed by atoms with van der Waals surface area (Å²) in [6, 6.07) is 3.31. The van der Waals surface area contributed by atoms with Crippen LogP contribution in [0, 0.1) is 5.82 Å². The molecule has 2 rings (SSSR count). The molecule has 1 aliphatic rings. The van der Waals surface area contributed by atoms with E-state index in [2.05, 4.69) is 10.0 Å². The molecule has 0 radical (unpaired) electrons. The molecule has 0 spiro atoms. The van der Waals surface area contributed by atoms with E-state index in [0.717, 1.165) is 25.0 Å². The first-order valence-electron chi connectivity index (χ1n) is 6.24. The number of carbonyl (C=O) groups excluding carboxylic acids is 1. The van der Waals surface area contributed by atoms with Crippen LogP contribution in [0.2, 0.25) is 0 Å². The molecule has 21 heavy (non-hydrogen) atoms. The molecule has 6 nitrogen and oxygen atoms in total. The Morgan fingerprint density at radius 1 is 1.38 bits per heavy atom. The van der Waals surface area contributed by atoms with Gasteiger partial charge in [0.2, 0.25) is 15.9 Å². The highest BCUT2D eigenvalue weighted by molar-refractivity contribution is 7.89. The van der Waals surface area contributed by atoms with Crippen molar-refractivity contribution < 1.29 is 17.6 Å². The molecule has 4 N–H and O–H groups in total. The maximum absolute atomic E-state index is 13.7. The van der Waals surface area contributed by atoms with E-state index in [4.69, 9.17) is 5.73 Å². The fourth-order valence-corrected chi connectivity index (χ4v) is 3.03. The van der Waals surface area contributed by atoms with E-state index >= 15 is 0 Å². The number of benzene rings is 1. The van der Waals surface area contributed by atoms with Crippen LogP contribution < -0.4 is 15.8 Å². The maximum atomic E-state index is 13.7. The number of amides is 1. The van der Waals surface area contributed by atoms with Crippen LogP contribution in [0.4, 0.5) is 10.1 Å². The first kappa shape index (κ1) is 17.8. The average Bonchev–Trinajstić information content (AvgIpc) is 3.15. The lowest BCUT2D eigenvalue weighted by molar-refractivity contribution is -0.116. The Morgan fingerprint density at radius 3 is 2.62 bits per heavy atom. The SMILES string of the molecule is Cl.NCCC(=O)Nc1ccc(F)c(S(=O)(=O)NC2CC2)c1. The van der Waals surface area contributed by atoms with Crippen molar-refractivity contribution >= 4 is 34.0 Å². The minimum atomic E-state index is -3.90. The van der Waals surface area contributed by atoms with Gasteiger partial charge in [-0.05, 0) is 31.0 Å². The van der Waals surface area contributed by atoms with E-state index in [1.165, 1.54) is 6.07 Å². The normalized spacial score (nSPS) is 14.4. The topological polar surface area (TPSA) is 101 Å². The first-order chi connectivity index (χ1) is 9.42. The molecule has 0 saturated heterocycles. The summed E-state index contributed by atoms with van der Waals surface area (Å²) in [4.78, 5) is 10.9. The molecule has 0 unspecified atom stereocenters. The Hall–Kier alpha value is -1.22. The van der Waals surface area contributed by atoms with Crippen LogP contribution in [0.5, 0.6) is 0 Å². The fourth-order valence-electron chi connectivity index (χ4n) is 1.63. The Labute approximate surface area is 128 Å². The highest BCUT2D eigenvalue weighted by Crippen LogP contribution is 2.25. The number of halogens is 2. The molecule has 0 aromatic heterocycles. The minimum Gasteiger partial charge on any atom is -0.330 e. The van der Waals surface area contributed by atoms with Crippen LogP contribution in [-0.2, 0) is 14.8 Å². The standard InChI is InChI=1S/C12H16FN3O3S.ClH/c13-10-4-3-9(15-12(17)5-6-14)7-11(10)20(18,19)16-8-1-2-8;/h3-4,7-8,16H,1-2,5-6,14H2,(H,15,17);1H. The van der Waals surface area contributed by atoms with Crippen LogP contribution in [0.3, 0.4) is 0 Å². The molecule has 1 saturated carbocycles. The smallest absolute Gasteiger partial charge is 0.243 e. The Bertz CT molecular complexity index is 620. The number of nitrogens with one attached hydrogen (secondary N) is 2. The first-order valence-corrected chi connectivity index (χ1v) is 7.72. The van der Waals surface area contributed by atoms with Crippen molar-refractivity contribution in [3.63, 3.8) is 0 Å². The third-order valence-corrected chi connectivity index (χ3v) is 4.31. The Kier molecular flexibility index (Phi) is 6.09. The van der Waals surface area contributed by atoms with E-state index < -0.39 is 20.7 Å². The second-order valence-corrected chi connectivity index (χ2v) is 6.31. The molecule has 1 aliphatic carbocycles. The van der Waals surface area contributed by atoms with Gasteiger partial charge in [0, 0.05) is 24.7 Å². The quantitative estimate of drug-likeness (QED) is 0.720. The lowest BCUT2D eigenvalue weighted by Gasteiger charge is -2.09. The zero-order chi connectivity index (χ0) is 14.8. The summed E-state index contributed by atoms with van der Waals surface area (Å²) >= 11 is 0. The van der Waals surface area contributed by atoms with Crippen LogP contribution >= 0.6 is 12.4 Å². The largest absolute Gasteiger partial charge is 0.330 e. The van der Waals surface area contributed by atoms with Crippen LogP contribution in [0.1, 0.15) is 19.3 Å². The molecule has 1 aromatic carbocycles. The van der Waals surface area contributed by atoms with Gasteiger partial charge >= 0.3 is 0 Å². The van der Waals surface area contributed by atoms with Gasteiger partial charge in [-0.25, -0.2) is 17.5 Å². The van der Waals surface area contributed by atoms with Gasteiger partial charge in [0.05, 0.1) is 0 Å². The summed E-state index contributed by atoms with van der Waals surface area (Å²) in [5.41, 5.74) is 5.46. The van der Waals surface area contributed by atoms with Gasteiger partial charge in [-0.2, -0.15) is 0 Å². The second-order valence-electron chi connectivity index (χ2n) is 4.63. The Morgan fingerprint density at radius 2 is 2.05 bits per heavy atom. The van der Waals surface area contributed by atoms with Crippen LogP contribution in [0.15, 0.2) is 23.1 Å². The van der Waals surface area contributed by atoms with Crippen molar-refractivity contribution in [1.82, 2.24) is 4.72 Å². The van der Waals surface area contributed by atoms with E-state index in [1.807, 2.05) is 0 Å². The van der Waals surface area contributed by atoms with Crippen molar-refractivity contribution in [1.29, 1.82) is 0 Å². The third-order valence-electron chi connectivity index (χ3n) is 2.78. The molecule has 0 atom stereocenters. The number of anilines is 1. The van der Waals surface area contributed by atoms with Gasteiger partial charge in [-0.1, -0.05) is 0 Å². The minimum absolute atomic E-state index is 0. The van der Waals surface area contributed by atoms with Gasteiger partial charge in [-0.15, -0.1) is 12.4 Å².